The van der Waals surface area contributed by atoms with E-state index in [0.717, 1.165) is 35.5 Å². The van der Waals surface area contributed by atoms with Crippen molar-refractivity contribution < 1.29 is 9.90 Å². The Bertz CT molecular complexity index is 1050. The van der Waals surface area contributed by atoms with Crippen LogP contribution in [-0.4, -0.2) is 12.5 Å². The summed E-state index contributed by atoms with van der Waals surface area (Å²) in [6.07, 6.45) is 11.1. The van der Waals surface area contributed by atoms with Crippen LogP contribution < -0.4 is 10.0 Å². The van der Waals surface area contributed by atoms with Crippen LogP contribution in [0.3, 0.4) is 0 Å². The van der Waals surface area contributed by atoms with Gasteiger partial charge in [-0.25, -0.2) is 0 Å². The van der Waals surface area contributed by atoms with Crippen molar-refractivity contribution in [1.29, 1.82) is 0 Å². The van der Waals surface area contributed by atoms with Crippen molar-refractivity contribution in [3.63, 3.8) is 0 Å². The van der Waals surface area contributed by atoms with Gasteiger partial charge in [-0.2, -0.15) is 0 Å². The van der Waals surface area contributed by atoms with Gasteiger partial charge < -0.3 is 14.8 Å². The second-order valence-corrected chi connectivity index (χ2v) is 9.18. The van der Waals surface area contributed by atoms with Crippen LogP contribution in [0.2, 0.25) is 5.02 Å². The summed E-state index contributed by atoms with van der Waals surface area (Å²) in [6, 6.07) is 12.3. The van der Waals surface area contributed by atoms with Gasteiger partial charge in [0, 0.05) is 29.1 Å². The van der Waals surface area contributed by atoms with E-state index in [9.17, 15) is 9.90 Å². The lowest BCUT2D eigenvalue weighted by Crippen LogP contribution is -2.46. The number of anilines is 1. The van der Waals surface area contributed by atoms with Crippen LogP contribution in [0.25, 0.3) is 0 Å². The van der Waals surface area contributed by atoms with Gasteiger partial charge in [0.15, 0.2) is 0 Å². The van der Waals surface area contributed by atoms with Gasteiger partial charge in [0.25, 0.3) is 0 Å². The quantitative estimate of drug-likeness (QED) is 0.689. The van der Waals surface area contributed by atoms with E-state index in [1.165, 1.54) is 11.3 Å². The number of allylic oxidation sites excluding steroid dienone is 4. The Hall–Kier alpha value is -2.52. The van der Waals surface area contributed by atoms with Gasteiger partial charge in [-0.15, -0.1) is 0 Å². The molecule has 0 bridgehead atoms. The number of carboxylic acids is 1. The number of hydrogen-bond donors (Lipinski definition) is 0. The highest BCUT2D eigenvalue weighted by Gasteiger charge is 2.47. The van der Waals surface area contributed by atoms with E-state index < -0.39 is 5.97 Å². The maximum atomic E-state index is 11.8. The van der Waals surface area contributed by atoms with Gasteiger partial charge >= 0.3 is 0 Å². The number of aromatic carboxylic acids is 1. The predicted molar refractivity (Wildman–Crippen MR) is 112 cm³/mol. The van der Waals surface area contributed by atoms with Crippen molar-refractivity contribution in [1.82, 2.24) is 0 Å². The summed E-state index contributed by atoms with van der Waals surface area (Å²) in [5.74, 6) is 0.347. The number of carbonyl (C=O) groups is 1. The van der Waals surface area contributed by atoms with E-state index in [-0.39, 0.29) is 12.0 Å². The van der Waals surface area contributed by atoms with Crippen LogP contribution in [-0.2, 0) is 0 Å². The molecule has 2 aromatic carbocycles. The molecular weight excluding hydrogens is 382 g/mol. The molecule has 2 aromatic rings. The van der Waals surface area contributed by atoms with Gasteiger partial charge in [0.1, 0.15) is 0 Å². The Kier molecular flexibility index (Phi) is 3.73. The van der Waals surface area contributed by atoms with E-state index in [2.05, 4.69) is 41.3 Å². The summed E-state index contributed by atoms with van der Waals surface area (Å²) >= 11 is 6.17. The third-order valence-corrected chi connectivity index (χ3v) is 7.55. The minimum atomic E-state index is -1.09. The molecule has 4 aliphatic rings. The SMILES string of the molecule is O=C([O-])c1cc2c3c(c1)[C@H]1C=CC[C@@H]1[C@H](c1ccc(Cl)cc1)N3C[C@H]1CC=C[C@H]21. The van der Waals surface area contributed by atoms with Crippen LogP contribution in [0.1, 0.15) is 57.8 Å². The molecule has 0 N–H and O–H groups in total. The standard InChI is InChI=1S/C25H22ClNO2/c26-17-9-7-14(8-10-17)23-20-6-2-5-19(20)22-12-16(25(28)29)11-21-18-4-1-3-15(18)13-27(23)24(21)22/h1-2,4-5,7-12,15,18-20,23H,3,6,13H2,(H,28,29)/p-1/t15-,18+,19+,20+,23+/m1/s1. The molecule has 0 unspecified atom stereocenters. The van der Waals surface area contributed by atoms with Gasteiger partial charge in [0.05, 0.1) is 12.0 Å². The molecule has 0 radical (unpaired) electrons. The molecule has 146 valence electrons. The highest BCUT2D eigenvalue weighted by molar-refractivity contribution is 6.30. The van der Waals surface area contributed by atoms with Crippen LogP contribution in [0, 0.1) is 11.8 Å². The fourth-order valence-corrected chi connectivity index (χ4v) is 6.26. The molecule has 5 atom stereocenters. The highest BCUT2D eigenvalue weighted by atomic mass is 35.5. The van der Waals surface area contributed by atoms with Crippen LogP contribution in [0.5, 0.6) is 0 Å². The van der Waals surface area contributed by atoms with Gasteiger partial charge in [-0.1, -0.05) is 48.0 Å². The number of rotatable bonds is 2. The maximum Gasteiger partial charge on any atom is 0.0715 e. The highest BCUT2D eigenvalue weighted by Crippen LogP contribution is 2.58. The number of nitrogens with zero attached hydrogens (tertiary/aromatic N) is 1. The number of benzene rings is 2. The molecule has 3 nitrogen and oxygen atoms in total. The van der Waals surface area contributed by atoms with Gasteiger partial charge in [0.2, 0.25) is 0 Å². The zero-order chi connectivity index (χ0) is 19.7. The van der Waals surface area contributed by atoms with Crippen LogP contribution in [0.15, 0.2) is 60.7 Å². The van der Waals surface area contributed by atoms with Crippen molar-refractivity contribution in [2.24, 2.45) is 11.8 Å². The van der Waals surface area contributed by atoms with E-state index >= 15 is 0 Å². The van der Waals surface area contributed by atoms with Gasteiger partial charge in [-0.3, -0.25) is 0 Å². The fourth-order valence-electron chi connectivity index (χ4n) is 6.13. The maximum absolute atomic E-state index is 11.8. The molecule has 6 rings (SSSR count). The lowest BCUT2D eigenvalue weighted by Gasteiger charge is -2.51. The molecule has 29 heavy (non-hydrogen) atoms. The topological polar surface area (TPSA) is 43.4 Å². The largest absolute Gasteiger partial charge is 0.545 e. The first-order valence-electron chi connectivity index (χ1n) is 10.4. The van der Waals surface area contributed by atoms with Gasteiger partial charge in [-0.05, 0) is 71.2 Å². The molecule has 0 spiro atoms. The summed E-state index contributed by atoms with van der Waals surface area (Å²) in [6.45, 7) is 0.999. The molecule has 2 aliphatic heterocycles. The second-order valence-electron chi connectivity index (χ2n) is 8.74. The zero-order valence-corrected chi connectivity index (χ0v) is 16.7. The minimum absolute atomic E-state index is 0.238. The molecular formula is C25H21ClNO2-. The number of hydrogen-bond acceptors (Lipinski definition) is 3. The Labute approximate surface area is 175 Å². The van der Waals surface area contributed by atoms with Crippen molar-refractivity contribution in [3.8, 4) is 0 Å². The van der Waals surface area contributed by atoms with Crippen molar-refractivity contribution >= 4 is 23.3 Å². The third kappa shape index (κ3) is 2.47. The van der Waals surface area contributed by atoms with E-state index in [4.69, 9.17) is 11.6 Å². The van der Waals surface area contributed by atoms with Crippen LogP contribution in [0.4, 0.5) is 5.69 Å². The average Bonchev–Trinajstić information content (AvgIpc) is 3.38. The third-order valence-electron chi connectivity index (χ3n) is 7.30. The second kappa shape index (κ2) is 6.24. The average molecular weight is 403 g/mol. The lowest BCUT2D eigenvalue weighted by atomic mass is 9.70. The first-order chi connectivity index (χ1) is 14.1. The Morgan fingerprint density at radius 3 is 2.45 bits per heavy atom. The number of carbonyl (C=O) groups excluding carboxylic acids is 1. The zero-order valence-electron chi connectivity index (χ0n) is 15.9. The summed E-state index contributed by atoms with van der Waals surface area (Å²) in [7, 11) is 0. The smallest absolute Gasteiger partial charge is 0.0715 e. The molecule has 4 heteroatoms. The molecule has 0 fully saturated rings. The first-order valence-corrected chi connectivity index (χ1v) is 10.7. The normalized spacial score (nSPS) is 30.8. The fraction of sp³-hybridized carbons (Fsp3) is 0.320. The van der Waals surface area contributed by atoms with E-state index in [1.807, 2.05) is 24.3 Å². The summed E-state index contributed by atoms with van der Waals surface area (Å²) < 4.78 is 0. The Balaban J connectivity index is 1.59. The Morgan fingerprint density at radius 1 is 1.00 bits per heavy atom. The van der Waals surface area contributed by atoms with Crippen molar-refractivity contribution in [3.05, 3.63) is 88.0 Å². The summed E-state index contributed by atoms with van der Waals surface area (Å²) in [4.78, 5) is 14.3. The molecule has 2 heterocycles. The summed E-state index contributed by atoms with van der Waals surface area (Å²) in [5.41, 5.74) is 5.16. The minimum Gasteiger partial charge on any atom is -0.545 e. The number of fused-ring (bicyclic) bond motifs is 4. The Morgan fingerprint density at radius 2 is 1.69 bits per heavy atom. The first kappa shape index (κ1) is 17.3. The number of halogens is 1. The monoisotopic (exact) mass is 402 g/mol. The van der Waals surface area contributed by atoms with E-state index in [0.29, 0.717) is 23.3 Å². The molecule has 0 amide bonds. The lowest BCUT2D eigenvalue weighted by molar-refractivity contribution is -0.255. The van der Waals surface area contributed by atoms with Crippen LogP contribution >= 0.6 is 11.6 Å². The molecule has 0 aromatic heterocycles. The predicted octanol–water partition coefficient (Wildman–Crippen LogP) is 4.60. The molecule has 0 saturated heterocycles. The van der Waals surface area contributed by atoms with E-state index in [1.54, 1.807) is 0 Å². The van der Waals surface area contributed by atoms with Crippen molar-refractivity contribution in [2.45, 2.75) is 30.7 Å². The van der Waals surface area contributed by atoms with Crippen molar-refractivity contribution in [2.75, 3.05) is 11.4 Å². The summed E-state index contributed by atoms with van der Waals surface area (Å²) in [5, 5.41) is 12.5. The molecule has 2 aliphatic carbocycles. The number of carboxylic acid groups (broad SMARTS) is 1. The molecule has 0 saturated carbocycles.